The van der Waals surface area contributed by atoms with Crippen LogP contribution < -0.4 is 5.32 Å². The van der Waals surface area contributed by atoms with E-state index < -0.39 is 0 Å². The van der Waals surface area contributed by atoms with E-state index in [1.165, 1.54) is 4.90 Å². The van der Waals surface area contributed by atoms with E-state index >= 15 is 0 Å². The Labute approximate surface area is 116 Å². The van der Waals surface area contributed by atoms with Crippen molar-refractivity contribution in [3.63, 3.8) is 0 Å². The van der Waals surface area contributed by atoms with Crippen LogP contribution in [0.3, 0.4) is 0 Å². The van der Waals surface area contributed by atoms with Crippen molar-refractivity contribution in [2.24, 2.45) is 0 Å². The highest BCUT2D eigenvalue weighted by atomic mass is 35.5. The van der Waals surface area contributed by atoms with E-state index in [2.05, 4.69) is 27.4 Å². The van der Waals surface area contributed by atoms with Gasteiger partial charge in [0, 0.05) is 10.6 Å². The number of thioether (sulfide) groups is 1. The van der Waals surface area contributed by atoms with Crippen LogP contribution in [0.15, 0.2) is 29.2 Å². The Morgan fingerprint density at radius 3 is 2.61 bits per heavy atom. The van der Waals surface area contributed by atoms with Gasteiger partial charge >= 0.3 is 0 Å². The molecule has 94 valence electrons. The number of aromatic nitrogens is 2. The van der Waals surface area contributed by atoms with Gasteiger partial charge in [-0.2, -0.15) is 0 Å². The van der Waals surface area contributed by atoms with Crippen molar-refractivity contribution < 1.29 is 0 Å². The summed E-state index contributed by atoms with van der Waals surface area (Å²) in [5.41, 5.74) is 2.69. The standard InChI is InChI=1S/C13H14ClN3S/c1-8-9(2)16-13(12(14)15-8)17-10-5-4-6-11(7-10)18-3/h4-7H,1-3H3,(H,16,17). The second-order valence-electron chi connectivity index (χ2n) is 3.89. The van der Waals surface area contributed by atoms with Crippen molar-refractivity contribution in [3.8, 4) is 0 Å². The van der Waals surface area contributed by atoms with E-state index in [-0.39, 0.29) is 0 Å². The normalized spacial score (nSPS) is 10.4. The first kappa shape index (κ1) is 13.2. The number of aryl methyl sites for hydroxylation is 2. The fourth-order valence-electron chi connectivity index (χ4n) is 1.49. The molecule has 0 atom stereocenters. The fourth-order valence-corrected chi connectivity index (χ4v) is 2.17. The van der Waals surface area contributed by atoms with Crippen molar-refractivity contribution >= 4 is 34.9 Å². The molecule has 1 aromatic carbocycles. The Morgan fingerprint density at radius 1 is 1.17 bits per heavy atom. The van der Waals surface area contributed by atoms with Crippen LogP contribution in [0.25, 0.3) is 0 Å². The van der Waals surface area contributed by atoms with Gasteiger partial charge in [-0.05, 0) is 38.3 Å². The van der Waals surface area contributed by atoms with Crippen LogP contribution in [-0.4, -0.2) is 16.2 Å². The summed E-state index contributed by atoms with van der Waals surface area (Å²) >= 11 is 7.78. The van der Waals surface area contributed by atoms with Gasteiger partial charge in [-0.25, -0.2) is 9.97 Å². The van der Waals surface area contributed by atoms with Gasteiger partial charge in [-0.1, -0.05) is 17.7 Å². The zero-order valence-electron chi connectivity index (χ0n) is 10.5. The fraction of sp³-hybridized carbons (Fsp3) is 0.231. The molecular formula is C13H14ClN3S. The van der Waals surface area contributed by atoms with E-state index in [4.69, 9.17) is 11.6 Å². The molecule has 0 aliphatic carbocycles. The van der Waals surface area contributed by atoms with E-state index in [1.54, 1.807) is 11.8 Å². The molecule has 0 saturated heterocycles. The highest BCUT2D eigenvalue weighted by Gasteiger charge is 2.07. The van der Waals surface area contributed by atoms with Gasteiger partial charge in [0.25, 0.3) is 0 Å². The number of benzene rings is 1. The number of rotatable bonds is 3. The van der Waals surface area contributed by atoms with Gasteiger partial charge in [0.05, 0.1) is 11.4 Å². The molecule has 0 spiro atoms. The predicted molar refractivity (Wildman–Crippen MR) is 78.0 cm³/mol. The molecule has 0 unspecified atom stereocenters. The molecule has 1 heterocycles. The first-order chi connectivity index (χ1) is 8.60. The summed E-state index contributed by atoms with van der Waals surface area (Å²) in [6.45, 7) is 3.81. The summed E-state index contributed by atoms with van der Waals surface area (Å²) in [4.78, 5) is 9.85. The van der Waals surface area contributed by atoms with Crippen LogP contribution in [0.2, 0.25) is 5.15 Å². The van der Waals surface area contributed by atoms with Crippen LogP contribution in [0, 0.1) is 13.8 Å². The minimum absolute atomic E-state index is 0.396. The summed E-state index contributed by atoms with van der Waals surface area (Å²) in [6.07, 6.45) is 2.04. The van der Waals surface area contributed by atoms with Gasteiger partial charge < -0.3 is 5.32 Å². The maximum absolute atomic E-state index is 6.08. The molecule has 1 aromatic heterocycles. The van der Waals surface area contributed by atoms with Crippen molar-refractivity contribution in [2.45, 2.75) is 18.7 Å². The maximum atomic E-state index is 6.08. The van der Waals surface area contributed by atoms with Gasteiger partial charge in [0.15, 0.2) is 11.0 Å². The molecule has 1 N–H and O–H groups in total. The second kappa shape index (κ2) is 5.59. The summed E-state index contributed by atoms with van der Waals surface area (Å²) < 4.78 is 0. The molecule has 5 heteroatoms. The molecule has 3 nitrogen and oxygen atoms in total. The highest BCUT2D eigenvalue weighted by molar-refractivity contribution is 7.98. The number of halogens is 1. The first-order valence-corrected chi connectivity index (χ1v) is 7.12. The second-order valence-corrected chi connectivity index (χ2v) is 5.13. The minimum Gasteiger partial charge on any atom is -0.338 e. The van der Waals surface area contributed by atoms with E-state index in [1.807, 2.05) is 32.2 Å². The van der Waals surface area contributed by atoms with Gasteiger partial charge in [0.2, 0.25) is 0 Å². The smallest absolute Gasteiger partial charge is 0.172 e. The molecule has 0 amide bonds. The van der Waals surface area contributed by atoms with Crippen molar-refractivity contribution in [1.29, 1.82) is 0 Å². The Kier molecular flexibility index (Phi) is 4.09. The maximum Gasteiger partial charge on any atom is 0.172 e. The van der Waals surface area contributed by atoms with Gasteiger partial charge in [0.1, 0.15) is 0 Å². The third-order valence-electron chi connectivity index (χ3n) is 2.60. The quantitative estimate of drug-likeness (QED) is 0.854. The van der Waals surface area contributed by atoms with Crippen molar-refractivity contribution in [2.75, 3.05) is 11.6 Å². The molecule has 2 aromatic rings. The first-order valence-electron chi connectivity index (χ1n) is 5.52. The van der Waals surface area contributed by atoms with Crippen molar-refractivity contribution in [3.05, 3.63) is 40.8 Å². The SMILES string of the molecule is CSc1cccc(Nc2nc(C)c(C)nc2Cl)c1. The van der Waals surface area contributed by atoms with E-state index in [9.17, 15) is 0 Å². The molecule has 0 fully saturated rings. The number of hydrogen-bond acceptors (Lipinski definition) is 4. The number of anilines is 2. The molecule has 0 aliphatic heterocycles. The van der Waals surface area contributed by atoms with Crippen molar-refractivity contribution in [1.82, 2.24) is 9.97 Å². The van der Waals surface area contributed by atoms with Crippen LogP contribution in [0.4, 0.5) is 11.5 Å². The monoisotopic (exact) mass is 279 g/mol. The number of nitrogens with one attached hydrogen (secondary N) is 1. The topological polar surface area (TPSA) is 37.8 Å². The lowest BCUT2D eigenvalue weighted by Crippen LogP contribution is -2.00. The molecule has 0 radical (unpaired) electrons. The van der Waals surface area contributed by atoms with E-state index in [0.717, 1.165) is 17.1 Å². The zero-order valence-corrected chi connectivity index (χ0v) is 12.1. The van der Waals surface area contributed by atoms with E-state index in [0.29, 0.717) is 11.0 Å². The lowest BCUT2D eigenvalue weighted by molar-refractivity contribution is 1.05. The average Bonchev–Trinajstić information content (AvgIpc) is 2.36. The van der Waals surface area contributed by atoms with Gasteiger partial charge in [-0.3, -0.25) is 0 Å². The Hall–Kier alpha value is -1.26. The molecule has 2 rings (SSSR count). The average molecular weight is 280 g/mol. The molecule has 18 heavy (non-hydrogen) atoms. The lowest BCUT2D eigenvalue weighted by atomic mass is 10.3. The van der Waals surface area contributed by atoms with Crippen LogP contribution in [0.5, 0.6) is 0 Å². The third kappa shape index (κ3) is 2.94. The highest BCUT2D eigenvalue weighted by Crippen LogP contribution is 2.25. The lowest BCUT2D eigenvalue weighted by Gasteiger charge is -2.10. The molecule has 0 saturated carbocycles. The van der Waals surface area contributed by atoms with Crippen LogP contribution in [-0.2, 0) is 0 Å². The summed E-state index contributed by atoms with van der Waals surface area (Å²) in [6, 6.07) is 8.09. The summed E-state index contributed by atoms with van der Waals surface area (Å²) in [5.74, 6) is 0.595. The third-order valence-corrected chi connectivity index (χ3v) is 3.59. The van der Waals surface area contributed by atoms with Crippen LogP contribution >= 0.6 is 23.4 Å². The number of hydrogen-bond donors (Lipinski definition) is 1. The van der Waals surface area contributed by atoms with Crippen LogP contribution in [0.1, 0.15) is 11.4 Å². The largest absolute Gasteiger partial charge is 0.338 e. The van der Waals surface area contributed by atoms with Gasteiger partial charge in [-0.15, -0.1) is 11.8 Å². The Bertz CT molecular complexity index is 572. The predicted octanol–water partition coefficient (Wildman–Crippen LogP) is 4.21. The zero-order chi connectivity index (χ0) is 13.1. The molecule has 0 bridgehead atoms. The Morgan fingerprint density at radius 2 is 1.89 bits per heavy atom. The summed E-state index contributed by atoms with van der Waals surface area (Å²) in [5, 5.41) is 3.59. The Balaban J connectivity index is 2.30. The minimum atomic E-state index is 0.396. The molecular weight excluding hydrogens is 266 g/mol. The summed E-state index contributed by atoms with van der Waals surface area (Å²) in [7, 11) is 0. The number of nitrogens with zero attached hydrogens (tertiary/aromatic N) is 2. The molecule has 0 aliphatic rings.